The van der Waals surface area contributed by atoms with Crippen LogP contribution in [0.3, 0.4) is 0 Å². The third-order valence-corrected chi connectivity index (χ3v) is 6.88. The molecule has 1 atom stereocenters. The Hall–Kier alpha value is -1.69. The van der Waals surface area contributed by atoms with E-state index in [1.165, 1.54) is 11.1 Å². The van der Waals surface area contributed by atoms with Gasteiger partial charge < -0.3 is 15.8 Å². The number of ether oxygens (including phenoxy) is 1. The van der Waals surface area contributed by atoms with Gasteiger partial charge in [0.1, 0.15) is 0 Å². The monoisotopic (exact) mass is 572 g/mol. The highest BCUT2D eigenvalue weighted by Crippen LogP contribution is 2.22. The summed E-state index contributed by atoms with van der Waals surface area (Å²) in [5.74, 6) is 0.338. The zero-order chi connectivity index (χ0) is 22.3. The van der Waals surface area contributed by atoms with Gasteiger partial charge in [-0.25, -0.2) is 18.1 Å². The predicted octanol–water partition coefficient (Wildman–Crippen LogP) is 3.81. The van der Waals surface area contributed by atoms with E-state index in [0.717, 1.165) is 36.9 Å². The van der Waals surface area contributed by atoms with E-state index in [9.17, 15) is 8.42 Å². The Labute approximate surface area is 208 Å². The molecule has 0 aromatic heterocycles. The fourth-order valence-electron chi connectivity index (χ4n) is 3.61. The quantitative estimate of drug-likeness (QED) is 0.241. The molecule has 32 heavy (non-hydrogen) atoms. The van der Waals surface area contributed by atoms with E-state index in [1.807, 2.05) is 0 Å². The number of nitrogens with zero attached hydrogens (tertiary/aromatic N) is 1. The van der Waals surface area contributed by atoms with Crippen molar-refractivity contribution < 1.29 is 13.2 Å². The maximum atomic E-state index is 12.5. The van der Waals surface area contributed by atoms with E-state index in [-0.39, 0.29) is 35.0 Å². The van der Waals surface area contributed by atoms with Gasteiger partial charge >= 0.3 is 0 Å². The number of guanidine groups is 1. The summed E-state index contributed by atoms with van der Waals surface area (Å²) in [5, 5.41) is 3.24. The largest absolute Gasteiger partial charge is 0.377 e. The second kappa shape index (κ2) is 12.5. The first-order valence-corrected chi connectivity index (χ1v) is 12.3. The molecule has 1 heterocycles. The van der Waals surface area contributed by atoms with Crippen LogP contribution >= 0.6 is 24.0 Å². The zero-order valence-corrected chi connectivity index (χ0v) is 21.8. The molecule has 7 nitrogen and oxygen atoms in total. The number of aryl methyl sites for hydroxylation is 2. The van der Waals surface area contributed by atoms with Gasteiger partial charge in [-0.15, -0.1) is 24.0 Å². The number of hydrogen-bond donors (Lipinski definition) is 3. The Morgan fingerprint density at radius 3 is 2.34 bits per heavy atom. The van der Waals surface area contributed by atoms with Gasteiger partial charge in [-0.05, 0) is 54.5 Å². The van der Waals surface area contributed by atoms with Gasteiger partial charge in [-0.2, -0.15) is 0 Å². The van der Waals surface area contributed by atoms with Crippen LogP contribution in [0.4, 0.5) is 5.69 Å². The number of sulfonamides is 1. The highest BCUT2D eigenvalue weighted by atomic mass is 127. The summed E-state index contributed by atoms with van der Waals surface area (Å²) in [6, 6.07) is 12.9. The van der Waals surface area contributed by atoms with Crippen LogP contribution in [0.2, 0.25) is 0 Å². The van der Waals surface area contributed by atoms with Gasteiger partial charge in [-0.3, -0.25) is 0 Å². The number of benzene rings is 2. The second-order valence-corrected chi connectivity index (χ2v) is 9.38. The number of halogens is 1. The third kappa shape index (κ3) is 7.16. The molecule has 1 saturated heterocycles. The van der Waals surface area contributed by atoms with Crippen molar-refractivity contribution in [2.24, 2.45) is 10.7 Å². The van der Waals surface area contributed by atoms with Crippen molar-refractivity contribution in [3.8, 4) is 0 Å². The van der Waals surface area contributed by atoms with Crippen molar-refractivity contribution in [1.29, 1.82) is 0 Å². The van der Waals surface area contributed by atoms with Crippen LogP contribution in [0.1, 0.15) is 43.4 Å². The lowest BCUT2D eigenvalue weighted by Gasteiger charge is -2.15. The van der Waals surface area contributed by atoms with Crippen LogP contribution in [0.25, 0.3) is 0 Å². The molecule has 9 heteroatoms. The molecule has 1 unspecified atom stereocenters. The molecular weight excluding hydrogens is 539 g/mol. The van der Waals surface area contributed by atoms with E-state index in [2.05, 4.69) is 47.1 Å². The lowest BCUT2D eigenvalue weighted by Crippen LogP contribution is -2.31. The summed E-state index contributed by atoms with van der Waals surface area (Å²) in [5.41, 5.74) is 10.4. The number of anilines is 1. The summed E-state index contributed by atoms with van der Waals surface area (Å²) in [6.07, 6.45) is 3.63. The molecule has 1 aliphatic heterocycles. The molecule has 1 fully saturated rings. The number of nitrogens with two attached hydrogens (primary N) is 1. The fraction of sp³-hybridized carbons (Fsp3) is 0.435. The van der Waals surface area contributed by atoms with Crippen LogP contribution in [0, 0.1) is 0 Å². The predicted molar refractivity (Wildman–Crippen MR) is 140 cm³/mol. The molecule has 2 aromatic rings. The van der Waals surface area contributed by atoms with Crippen molar-refractivity contribution in [1.82, 2.24) is 4.72 Å². The summed E-state index contributed by atoms with van der Waals surface area (Å²) >= 11 is 0. The number of para-hydroxylation sites is 1. The normalized spacial score (nSPS) is 16.6. The number of aliphatic imine (C=N–C) groups is 1. The van der Waals surface area contributed by atoms with Gasteiger partial charge in [0.05, 0.1) is 17.5 Å². The first-order chi connectivity index (χ1) is 14.9. The standard InChI is InChI=1S/C23H32N4O3S.HI/c1-3-18-7-5-8-19(4-2)22(18)27-23(24)25-15-17-10-12-21(13-11-17)31(28,29)26-16-20-9-6-14-30-20;/h5,7-8,10-13,20,26H,3-4,6,9,14-16H2,1-2H3,(H3,24,25,27);1H. The maximum absolute atomic E-state index is 12.5. The Bertz CT molecular complexity index is 982. The van der Waals surface area contributed by atoms with E-state index in [1.54, 1.807) is 24.3 Å². The van der Waals surface area contributed by atoms with Crippen molar-refractivity contribution in [2.45, 2.75) is 57.1 Å². The minimum absolute atomic E-state index is 0. The van der Waals surface area contributed by atoms with Crippen LogP contribution in [-0.2, 0) is 34.1 Å². The Balaban J connectivity index is 0.00000363. The van der Waals surface area contributed by atoms with Crippen LogP contribution in [-0.4, -0.2) is 33.6 Å². The number of hydrogen-bond acceptors (Lipinski definition) is 4. The Kier molecular flexibility index (Phi) is 10.4. The topological polar surface area (TPSA) is 106 Å². The van der Waals surface area contributed by atoms with E-state index in [0.29, 0.717) is 25.7 Å². The molecular formula is C23H33IN4O3S. The van der Waals surface area contributed by atoms with Crippen LogP contribution in [0.5, 0.6) is 0 Å². The summed E-state index contributed by atoms with van der Waals surface area (Å²) in [6.45, 7) is 5.58. The van der Waals surface area contributed by atoms with E-state index >= 15 is 0 Å². The average molecular weight is 573 g/mol. The minimum Gasteiger partial charge on any atom is -0.377 e. The van der Waals surface area contributed by atoms with Crippen molar-refractivity contribution >= 4 is 45.6 Å². The SMILES string of the molecule is CCc1cccc(CC)c1NC(N)=NCc1ccc(S(=O)(=O)NCC2CCCO2)cc1.I. The van der Waals surface area contributed by atoms with Gasteiger partial charge in [-0.1, -0.05) is 44.2 Å². The molecule has 4 N–H and O–H groups in total. The Morgan fingerprint density at radius 1 is 1.12 bits per heavy atom. The van der Waals surface area contributed by atoms with Gasteiger partial charge in [0, 0.05) is 18.8 Å². The van der Waals surface area contributed by atoms with E-state index < -0.39 is 10.0 Å². The van der Waals surface area contributed by atoms with Crippen molar-refractivity contribution in [3.63, 3.8) is 0 Å². The molecule has 0 saturated carbocycles. The molecule has 0 spiro atoms. The molecule has 0 aliphatic carbocycles. The van der Waals surface area contributed by atoms with Gasteiger partial charge in [0.2, 0.25) is 10.0 Å². The highest BCUT2D eigenvalue weighted by molar-refractivity contribution is 14.0. The molecule has 0 radical (unpaired) electrons. The highest BCUT2D eigenvalue weighted by Gasteiger charge is 2.20. The maximum Gasteiger partial charge on any atom is 0.240 e. The van der Waals surface area contributed by atoms with Crippen LogP contribution < -0.4 is 15.8 Å². The minimum atomic E-state index is -3.55. The van der Waals surface area contributed by atoms with Gasteiger partial charge in [0.25, 0.3) is 0 Å². The lowest BCUT2D eigenvalue weighted by atomic mass is 10.0. The van der Waals surface area contributed by atoms with Crippen LogP contribution in [0.15, 0.2) is 52.4 Å². The molecule has 0 bridgehead atoms. The van der Waals surface area contributed by atoms with E-state index in [4.69, 9.17) is 10.5 Å². The number of nitrogens with one attached hydrogen (secondary N) is 2. The molecule has 3 rings (SSSR count). The summed E-state index contributed by atoms with van der Waals surface area (Å²) in [4.78, 5) is 4.65. The third-order valence-electron chi connectivity index (χ3n) is 5.44. The Morgan fingerprint density at radius 2 is 1.78 bits per heavy atom. The lowest BCUT2D eigenvalue weighted by molar-refractivity contribution is 0.114. The summed E-state index contributed by atoms with van der Waals surface area (Å²) < 4.78 is 33.0. The fourth-order valence-corrected chi connectivity index (χ4v) is 4.68. The van der Waals surface area contributed by atoms with Crippen molar-refractivity contribution in [2.75, 3.05) is 18.5 Å². The molecule has 1 aliphatic rings. The summed E-state index contributed by atoms with van der Waals surface area (Å²) in [7, 11) is -3.55. The van der Waals surface area contributed by atoms with Gasteiger partial charge in [0.15, 0.2) is 5.96 Å². The number of rotatable bonds is 9. The first-order valence-electron chi connectivity index (χ1n) is 10.8. The first kappa shape index (κ1) is 26.6. The molecule has 176 valence electrons. The second-order valence-electron chi connectivity index (χ2n) is 7.62. The smallest absolute Gasteiger partial charge is 0.240 e. The van der Waals surface area contributed by atoms with Crippen molar-refractivity contribution in [3.05, 3.63) is 59.2 Å². The molecule has 0 amide bonds. The zero-order valence-electron chi connectivity index (χ0n) is 18.6. The molecule has 2 aromatic carbocycles. The average Bonchev–Trinajstić information content (AvgIpc) is 3.30.